The van der Waals surface area contributed by atoms with Gasteiger partial charge in [-0.15, -0.1) is 0 Å². The van der Waals surface area contributed by atoms with Gasteiger partial charge >= 0.3 is 11.9 Å². The van der Waals surface area contributed by atoms with Crippen LogP contribution < -0.4 is 54.8 Å². The number of carbonyl (C=O) groups is 9. The Hall–Kier alpha value is -7.83. The molecule has 1 aliphatic rings. The van der Waals surface area contributed by atoms with Gasteiger partial charge < -0.3 is 74.7 Å². The summed E-state index contributed by atoms with van der Waals surface area (Å²) < 4.78 is 5.82. The lowest BCUT2D eigenvalue weighted by atomic mass is 9.94. The number of nitrogens with one attached hydrogen (secondary N) is 6. The number of methoxy groups -OCH3 is 1. The normalized spacial score (nSPS) is 24.2. The van der Waals surface area contributed by atoms with Gasteiger partial charge in [0.05, 0.1) is 24.0 Å². The number of allylic oxidation sites excluding steroid dienone is 2. The molecule has 10 unspecified atom stereocenters. The van der Waals surface area contributed by atoms with E-state index in [1.807, 2.05) is 43.3 Å². The molecule has 1 heterocycles. The molecule has 1 fully saturated rings. The molecule has 2 rings (SSSR count). The molecular weight excluding hydrogens is 999 g/mol. The lowest BCUT2D eigenvalue weighted by Gasteiger charge is -2.28. The number of nitrogens with two attached hydrogens (primary N) is 4. The van der Waals surface area contributed by atoms with Crippen LogP contribution in [0.1, 0.15) is 92.1 Å². The molecule has 1 aromatic carbocycles. The number of likely N-dealkylation sites (N-methyl/N-ethyl adjacent to an activating group) is 1. The van der Waals surface area contributed by atoms with Gasteiger partial charge in [-0.25, -0.2) is 9.59 Å². The van der Waals surface area contributed by atoms with Crippen LogP contribution in [-0.2, 0) is 54.3 Å². The van der Waals surface area contributed by atoms with E-state index in [0.29, 0.717) is 12.0 Å². The van der Waals surface area contributed by atoms with Crippen LogP contribution in [0.15, 0.2) is 76.4 Å². The van der Waals surface area contributed by atoms with Crippen LogP contribution in [0.5, 0.6) is 0 Å². The monoisotopic (exact) mass is 1080 g/mol. The van der Waals surface area contributed by atoms with Crippen LogP contribution in [0.2, 0.25) is 0 Å². The maximum atomic E-state index is 14.5. The van der Waals surface area contributed by atoms with Gasteiger partial charge in [-0.1, -0.05) is 95.3 Å². The predicted molar refractivity (Wildman–Crippen MR) is 289 cm³/mol. The van der Waals surface area contributed by atoms with Crippen LogP contribution in [0.3, 0.4) is 0 Å². The van der Waals surface area contributed by atoms with Gasteiger partial charge in [0.1, 0.15) is 35.9 Å². The number of hydrogen-bond acceptors (Lipinski definition) is 12. The lowest BCUT2D eigenvalue weighted by Crippen LogP contribution is -2.59. The first kappa shape index (κ1) is 65.3. The number of carbonyl (C=O) groups excluding carboxylic acids is 7. The Balaban J connectivity index is 2.80. The van der Waals surface area contributed by atoms with Crippen molar-refractivity contribution in [3.63, 3.8) is 0 Å². The minimum Gasteiger partial charge on any atom is -0.480 e. The summed E-state index contributed by atoms with van der Waals surface area (Å²) in [7, 11) is 2.82. The van der Waals surface area contributed by atoms with Gasteiger partial charge in [-0.2, -0.15) is 0 Å². The van der Waals surface area contributed by atoms with E-state index < -0.39 is 120 Å². The van der Waals surface area contributed by atoms with Crippen molar-refractivity contribution in [2.24, 2.45) is 56.6 Å². The molecule has 1 aromatic rings. The predicted octanol–water partition coefficient (Wildman–Crippen LogP) is -0.348. The zero-order valence-corrected chi connectivity index (χ0v) is 45.4. The number of aliphatic imine (C=N–C) groups is 2. The summed E-state index contributed by atoms with van der Waals surface area (Å²) >= 11 is 0. The Labute approximate surface area is 450 Å². The topological polar surface area (TPSA) is 408 Å². The maximum Gasteiger partial charge on any atom is 0.327 e. The van der Waals surface area contributed by atoms with Crippen LogP contribution >= 0.6 is 0 Å². The fourth-order valence-corrected chi connectivity index (χ4v) is 8.10. The van der Waals surface area contributed by atoms with E-state index in [-0.39, 0.29) is 75.1 Å². The molecule has 25 nitrogen and oxygen atoms in total. The number of carboxylic acid groups (broad SMARTS) is 2. The average molecular weight is 1080 g/mol. The average Bonchev–Trinajstić information content (AvgIpc) is 3.36. The van der Waals surface area contributed by atoms with Gasteiger partial charge in [0.25, 0.3) is 5.91 Å². The molecule has 0 aliphatic carbocycles. The van der Waals surface area contributed by atoms with E-state index in [9.17, 15) is 53.4 Å². The maximum absolute atomic E-state index is 14.5. The van der Waals surface area contributed by atoms with E-state index in [0.717, 1.165) is 10.5 Å². The van der Waals surface area contributed by atoms with Gasteiger partial charge in [0.15, 0.2) is 11.9 Å². The smallest absolute Gasteiger partial charge is 0.327 e. The summed E-state index contributed by atoms with van der Waals surface area (Å²) in [4.78, 5) is 132. The van der Waals surface area contributed by atoms with Gasteiger partial charge in [-0.05, 0) is 63.4 Å². The Morgan fingerprint density at radius 3 is 1.82 bits per heavy atom. The molecule has 7 amide bonds. The second-order valence-corrected chi connectivity index (χ2v) is 19.5. The van der Waals surface area contributed by atoms with Gasteiger partial charge in [0, 0.05) is 39.6 Å². The van der Waals surface area contributed by atoms with E-state index >= 15 is 0 Å². The summed E-state index contributed by atoms with van der Waals surface area (Å²) in [5, 5.41) is 35.9. The minimum atomic E-state index is -1.95. The van der Waals surface area contributed by atoms with Crippen molar-refractivity contribution >= 4 is 65.2 Å². The fourth-order valence-electron chi connectivity index (χ4n) is 8.10. The molecule has 16 N–H and O–H groups in total. The Morgan fingerprint density at radius 1 is 0.766 bits per heavy atom. The summed E-state index contributed by atoms with van der Waals surface area (Å²) in [6, 6.07) is 0.662. The fraction of sp³-hybridized carbons (Fsp3) is 0.558. The lowest BCUT2D eigenvalue weighted by molar-refractivity contribution is -0.146. The van der Waals surface area contributed by atoms with Crippen LogP contribution in [0.25, 0.3) is 0 Å². The Bertz CT molecular complexity index is 2350. The molecule has 0 saturated carbocycles. The minimum absolute atomic E-state index is 0.00336. The Morgan fingerprint density at radius 2 is 1.30 bits per heavy atom. The molecule has 25 heteroatoms. The molecule has 1 aliphatic heterocycles. The van der Waals surface area contributed by atoms with Crippen LogP contribution in [0.4, 0.5) is 0 Å². The number of amides is 7. The van der Waals surface area contributed by atoms with Crippen LogP contribution in [0, 0.1) is 23.7 Å². The molecular formula is C52H81N13O12. The van der Waals surface area contributed by atoms with Crippen molar-refractivity contribution in [1.29, 1.82) is 0 Å². The number of hydrogen-bond donors (Lipinski definition) is 12. The first-order chi connectivity index (χ1) is 36.2. The highest BCUT2D eigenvalue weighted by atomic mass is 16.5. The van der Waals surface area contributed by atoms with Crippen molar-refractivity contribution in [3.8, 4) is 0 Å². The molecule has 0 aromatic heterocycles. The van der Waals surface area contributed by atoms with Crippen molar-refractivity contribution in [2.75, 3.05) is 27.2 Å². The quantitative estimate of drug-likeness (QED) is 0.0277. The summed E-state index contributed by atoms with van der Waals surface area (Å²) in [6.07, 6.45) is 4.42. The van der Waals surface area contributed by atoms with Crippen LogP contribution in [-0.4, -0.2) is 150 Å². The number of aliphatic carboxylic acids is 2. The summed E-state index contributed by atoms with van der Waals surface area (Å²) in [5.74, 6) is -13.2. The summed E-state index contributed by atoms with van der Waals surface area (Å²) in [5.41, 5.74) is 23.3. The molecule has 0 spiro atoms. The van der Waals surface area contributed by atoms with Crippen molar-refractivity contribution in [1.82, 2.24) is 36.8 Å². The van der Waals surface area contributed by atoms with Crippen molar-refractivity contribution in [2.45, 2.75) is 135 Å². The molecule has 77 heavy (non-hydrogen) atoms. The SMILES string of the molecule is C=C1C(=O)NC(CC(C)C)C(=O)NC(CCCN=C(N)N)C(=O)NC(C(=O)O)C(C)C(=O)NC(CCCN=C(N)N)C(=O)NC(C=CC(C)=CC(C)C(Cc2ccccc2)OC)C(C)C(=O)NC(C(=O)O)CCC(=O)N1C. The third-order valence-corrected chi connectivity index (χ3v) is 12.8. The first-order valence-corrected chi connectivity index (χ1v) is 25.4. The zero-order valence-electron chi connectivity index (χ0n) is 45.4. The molecule has 0 bridgehead atoms. The Kier molecular flexibility index (Phi) is 27.6. The van der Waals surface area contributed by atoms with E-state index in [4.69, 9.17) is 27.7 Å². The number of carboxylic acids is 2. The van der Waals surface area contributed by atoms with E-state index in [2.05, 4.69) is 48.5 Å². The second-order valence-electron chi connectivity index (χ2n) is 19.5. The highest BCUT2D eigenvalue weighted by Crippen LogP contribution is 2.19. The zero-order chi connectivity index (χ0) is 58.1. The first-order valence-electron chi connectivity index (χ1n) is 25.4. The van der Waals surface area contributed by atoms with Gasteiger partial charge in [0.2, 0.25) is 35.4 Å². The number of rotatable bonds is 19. The summed E-state index contributed by atoms with van der Waals surface area (Å²) in [6.45, 7) is 13.6. The highest BCUT2D eigenvalue weighted by Gasteiger charge is 2.38. The third-order valence-electron chi connectivity index (χ3n) is 12.8. The number of nitrogens with zero attached hydrogens (tertiary/aromatic N) is 3. The van der Waals surface area contributed by atoms with E-state index in [1.165, 1.54) is 27.0 Å². The van der Waals surface area contributed by atoms with E-state index in [1.54, 1.807) is 34.0 Å². The number of ether oxygens (including phenoxy) is 1. The van der Waals surface area contributed by atoms with Crippen molar-refractivity contribution < 1.29 is 58.1 Å². The molecule has 0 radical (unpaired) electrons. The second kappa shape index (κ2) is 32.6. The van der Waals surface area contributed by atoms with Gasteiger partial charge in [-0.3, -0.25) is 43.5 Å². The van der Waals surface area contributed by atoms with Crippen molar-refractivity contribution in [3.05, 3.63) is 72.0 Å². The molecule has 426 valence electrons. The number of guanidine groups is 2. The molecule has 10 atom stereocenters. The number of benzene rings is 1. The molecule has 1 saturated heterocycles. The third kappa shape index (κ3) is 22.9. The largest absolute Gasteiger partial charge is 0.480 e. The standard InChI is InChI=1S/C52H81N13O12/c1-28(2)25-39-48(72)61-37(18-14-24-58-52(55)56)47(71)64-42(50(75)76)32(6)44(68)60-36(17-13-23-57-51(53)54)46(70)59-35(20-19-29(3)26-30(4)40(77-9)27-34-15-11-10-12-16-34)31(5)43(67)62-38(49(73)74)21-22-41(66)65(8)33(7)45(69)63-39/h10-12,15-16,19-20,26,28,30-32,35-40,42H,7,13-14,17-18,21-25,27H2,1-6,8-9H3,(H,59,70)(H,60,68)(H,61,72)(H,62,67)(H,63,69)(H,64,71)(H,73,74)(H,75,76)(H4,53,54,57)(H4,55,56,58). The highest BCUT2D eigenvalue weighted by molar-refractivity contribution is 6.00.